The van der Waals surface area contributed by atoms with Crippen LogP contribution in [0.15, 0.2) is 24.3 Å². The van der Waals surface area contributed by atoms with Crippen LogP contribution in [0, 0.1) is 6.92 Å². The van der Waals surface area contributed by atoms with E-state index in [4.69, 9.17) is 10.5 Å². The van der Waals surface area contributed by atoms with Gasteiger partial charge in [0.1, 0.15) is 11.4 Å². The molecule has 0 radical (unpaired) electrons. The standard InChI is InChI=1S/C15H20N4O2/c1-4-9-17-14-12(15(20)21-3)13(16)19(18-14)11-7-5-10(2)6-8-11/h5-8H,4,9,16H2,1-3H3,(H,17,18). The Kier molecular flexibility index (Phi) is 4.47. The van der Waals surface area contributed by atoms with E-state index in [2.05, 4.69) is 10.4 Å². The summed E-state index contributed by atoms with van der Waals surface area (Å²) in [6.07, 6.45) is 0.915. The molecule has 0 aliphatic rings. The van der Waals surface area contributed by atoms with Gasteiger partial charge in [0.05, 0.1) is 12.8 Å². The Morgan fingerprint density at radius 2 is 2.05 bits per heavy atom. The van der Waals surface area contributed by atoms with E-state index in [1.807, 2.05) is 38.1 Å². The molecular weight excluding hydrogens is 268 g/mol. The molecule has 0 aliphatic heterocycles. The summed E-state index contributed by atoms with van der Waals surface area (Å²) in [6.45, 7) is 4.74. The fraction of sp³-hybridized carbons (Fsp3) is 0.333. The summed E-state index contributed by atoms with van der Waals surface area (Å²) in [5.74, 6) is 0.218. The van der Waals surface area contributed by atoms with Crippen molar-refractivity contribution in [3.63, 3.8) is 0 Å². The number of nitrogen functional groups attached to an aromatic ring is 1. The third-order valence-electron chi connectivity index (χ3n) is 3.13. The van der Waals surface area contributed by atoms with Gasteiger partial charge in [0.15, 0.2) is 5.82 Å². The number of hydrogen-bond donors (Lipinski definition) is 2. The SMILES string of the molecule is CCCNc1nn(-c2ccc(C)cc2)c(N)c1C(=O)OC. The van der Waals surface area contributed by atoms with E-state index >= 15 is 0 Å². The first-order chi connectivity index (χ1) is 10.1. The molecule has 112 valence electrons. The lowest BCUT2D eigenvalue weighted by atomic mass is 10.2. The van der Waals surface area contributed by atoms with Gasteiger partial charge in [-0.15, -0.1) is 5.10 Å². The van der Waals surface area contributed by atoms with Crippen molar-refractivity contribution in [2.75, 3.05) is 24.7 Å². The van der Waals surface area contributed by atoms with Crippen molar-refractivity contribution in [3.05, 3.63) is 35.4 Å². The molecule has 1 aromatic carbocycles. The molecule has 3 N–H and O–H groups in total. The molecule has 2 aromatic rings. The summed E-state index contributed by atoms with van der Waals surface area (Å²) < 4.78 is 6.34. The molecule has 0 saturated heterocycles. The lowest BCUT2D eigenvalue weighted by molar-refractivity contribution is 0.0603. The second kappa shape index (κ2) is 6.30. The number of ether oxygens (including phenoxy) is 1. The van der Waals surface area contributed by atoms with E-state index < -0.39 is 5.97 Å². The minimum Gasteiger partial charge on any atom is -0.465 e. The largest absolute Gasteiger partial charge is 0.465 e. The molecule has 6 nitrogen and oxygen atoms in total. The summed E-state index contributed by atoms with van der Waals surface area (Å²) in [5.41, 5.74) is 8.29. The molecule has 0 atom stereocenters. The van der Waals surface area contributed by atoms with E-state index in [0.717, 1.165) is 17.7 Å². The molecule has 0 unspecified atom stereocenters. The Morgan fingerprint density at radius 1 is 1.38 bits per heavy atom. The maximum Gasteiger partial charge on any atom is 0.345 e. The lowest BCUT2D eigenvalue weighted by Crippen LogP contribution is -2.09. The number of nitrogens with zero attached hydrogens (tertiary/aromatic N) is 2. The van der Waals surface area contributed by atoms with Gasteiger partial charge in [-0.3, -0.25) is 0 Å². The first-order valence-electron chi connectivity index (χ1n) is 6.86. The predicted octanol–water partition coefficient (Wildman–Crippen LogP) is 2.37. The van der Waals surface area contributed by atoms with Crippen molar-refractivity contribution in [1.29, 1.82) is 0 Å². The van der Waals surface area contributed by atoms with E-state index in [-0.39, 0.29) is 11.4 Å². The quantitative estimate of drug-likeness (QED) is 0.825. The van der Waals surface area contributed by atoms with Gasteiger partial charge >= 0.3 is 5.97 Å². The number of nitrogens with two attached hydrogens (primary N) is 1. The first-order valence-corrected chi connectivity index (χ1v) is 6.86. The molecule has 21 heavy (non-hydrogen) atoms. The third kappa shape index (κ3) is 2.99. The molecule has 0 aliphatic carbocycles. The zero-order valence-corrected chi connectivity index (χ0v) is 12.5. The molecule has 0 spiro atoms. The zero-order valence-electron chi connectivity index (χ0n) is 12.5. The molecular formula is C15H20N4O2. The molecule has 1 heterocycles. The Hall–Kier alpha value is -2.50. The smallest absolute Gasteiger partial charge is 0.345 e. The van der Waals surface area contributed by atoms with Crippen molar-refractivity contribution in [2.24, 2.45) is 0 Å². The monoisotopic (exact) mass is 288 g/mol. The van der Waals surface area contributed by atoms with Crippen LogP contribution in [0.3, 0.4) is 0 Å². The molecule has 0 amide bonds. The molecule has 0 bridgehead atoms. The number of esters is 1. The van der Waals surface area contributed by atoms with Crippen LogP contribution in [0.2, 0.25) is 0 Å². The van der Waals surface area contributed by atoms with Gasteiger partial charge in [-0.25, -0.2) is 9.48 Å². The minimum absolute atomic E-state index is 0.268. The predicted molar refractivity (Wildman–Crippen MR) is 82.8 cm³/mol. The number of aryl methyl sites for hydroxylation is 1. The summed E-state index contributed by atoms with van der Waals surface area (Å²) in [7, 11) is 1.33. The number of benzene rings is 1. The fourth-order valence-electron chi connectivity index (χ4n) is 1.98. The minimum atomic E-state index is -0.496. The summed E-state index contributed by atoms with van der Waals surface area (Å²) in [6, 6.07) is 7.74. The first kappa shape index (κ1) is 14.9. The van der Waals surface area contributed by atoms with Crippen LogP contribution >= 0.6 is 0 Å². The lowest BCUT2D eigenvalue weighted by Gasteiger charge is -2.04. The van der Waals surface area contributed by atoms with Crippen molar-refractivity contribution in [3.8, 4) is 5.69 Å². The van der Waals surface area contributed by atoms with Crippen LogP contribution in [-0.4, -0.2) is 29.4 Å². The number of anilines is 2. The molecule has 2 rings (SSSR count). The second-order valence-corrected chi connectivity index (χ2v) is 4.77. The van der Waals surface area contributed by atoms with Crippen molar-refractivity contribution in [2.45, 2.75) is 20.3 Å². The van der Waals surface area contributed by atoms with E-state index in [1.165, 1.54) is 7.11 Å². The molecule has 0 fully saturated rings. The molecule has 0 saturated carbocycles. The molecule has 6 heteroatoms. The average molecular weight is 288 g/mol. The highest BCUT2D eigenvalue weighted by Gasteiger charge is 2.23. The van der Waals surface area contributed by atoms with Gasteiger partial charge in [-0.1, -0.05) is 24.6 Å². The fourth-order valence-corrected chi connectivity index (χ4v) is 1.98. The van der Waals surface area contributed by atoms with Gasteiger partial charge in [-0.2, -0.15) is 0 Å². The number of rotatable bonds is 5. The summed E-state index contributed by atoms with van der Waals surface area (Å²) >= 11 is 0. The Balaban J connectivity index is 2.49. The van der Waals surface area contributed by atoms with Crippen LogP contribution in [0.25, 0.3) is 5.69 Å². The normalized spacial score (nSPS) is 10.4. The van der Waals surface area contributed by atoms with Gasteiger partial charge < -0.3 is 15.8 Å². The van der Waals surface area contributed by atoms with Gasteiger partial charge in [-0.05, 0) is 25.5 Å². The van der Waals surface area contributed by atoms with Crippen molar-refractivity contribution in [1.82, 2.24) is 9.78 Å². The maximum absolute atomic E-state index is 11.9. The number of hydrogen-bond acceptors (Lipinski definition) is 5. The topological polar surface area (TPSA) is 82.2 Å². The average Bonchev–Trinajstić information content (AvgIpc) is 2.82. The Labute approximate surface area is 123 Å². The summed E-state index contributed by atoms with van der Waals surface area (Å²) in [5, 5.41) is 7.50. The third-order valence-corrected chi connectivity index (χ3v) is 3.13. The Morgan fingerprint density at radius 3 is 2.62 bits per heavy atom. The number of aromatic nitrogens is 2. The zero-order chi connectivity index (χ0) is 15.4. The van der Waals surface area contributed by atoms with Gasteiger partial charge in [0.2, 0.25) is 0 Å². The highest BCUT2D eigenvalue weighted by Crippen LogP contribution is 2.26. The van der Waals surface area contributed by atoms with Crippen molar-refractivity contribution >= 4 is 17.6 Å². The number of nitrogens with one attached hydrogen (secondary N) is 1. The van der Waals surface area contributed by atoms with Gasteiger partial charge in [0, 0.05) is 6.54 Å². The maximum atomic E-state index is 11.9. The van der Waals surface area contributed by atoms with E-state index in [1.54, 1.807) is 4.68 Å². The summed E-state index contributed by atoms with van der Waals surface area (Å²) in [4.78, 5) is 11.9. The van der Waals surface area contributed by atoms with Crippen LogP contribution in [0.1, 0.15) is 29.3 Å². The van der Waals surface area contributed by atoms with E-state index in [0.29, 0.717) is 12.4 Å². The van der Waals surface area contributed by atoms with Crippen LogP contribution < -0.4 is 11.1 Å². The number of methoxy groups -OCH3 is 1. The van der Waals surface area contributed by atoms with Crippen LogP contribution in [0.4, 0.5) is 11.6 Å². The highest BCUT2D eigenvalue weighted by molar-refractivity contribution is 5.99. The number of carbonyl (C=O) groups is 1. The van der Waals surface area contributed by atoms with Crippen LogP contribution in [0.5, 0.6) is 0 Å². The molecule has 1 aromatic heterocycles. The highest BCUT2D eigenvalue weighted by atomic mass is 16.5. The Bertz CT molecular complexity index is 632. The van der Waals surface area contributed by atoms with Crippen LogP contribution in [-0.2, 0) is 4.74 Å². The number of carbonyl (C=O) groups excluding carboxylic acids is 1. The van der Waals surface area contributed by atoms with E-state index in [9.17, 15) is 4.79 Å². The van der Waals surface area contributed by atoms with Gasteiger partial charge in [0.25, 0.3) is 0 Å². The second-order valence-electron chi connectivity index (χ2n) is 4.77. The van der Waals surface area contributed by atoms with Crippen molar-refractivity contribution < 1.29 is 9.53 Å².